The number of hydrogen-bond donors (Lipinski definition) is 1. The standard InChI is InChI=1S/C9H8ClF3O/c1-5-2-3-7(10)6(8(5)14)4-9(11,12)13/h2-3,14H,4H2,1H3. The molecule has 0 atom stereocenters. The molecule has 0 radical (unpaired) electrons. The number of aromatic hydroxyl groups is 1. The Morgan fingerprint density at radius 2 is 1.93 bits per heavy atom. The van der Waals surface area contributed by atoms with Crippen LogP contribution in [-0.4, -0.2) is 11.3 Å². The molecule has 0 saturated heterocycles. The van der Waals surface area contributed by atoms with Gasteiger partial charge in [-0.05, 0) is 18.6 Å². The molecule has 78 valence electrons. The van der Waals surface area contributed by atoms with Gasteiger partial charge in [0.05, 0.1) is 6.42 Å². The third kappa shape index (κ3) is 2.54. The van der Waals surface area contributed by atoms with Gasteiger partial charge in [0.1, 0.15) is 5.75 Å². The Balaban J connectivity index is 3.13. The van der Waals surface area contributed by atoms with Crippen molar-refractivity contribution in [1.29, 1.82) is 0 Å². The zero-order valence-corrected chi connectivity index (χ0v) is 8.08. The lowest BCUT2D eigenvalue weighted by Gasteiger charge is -2.11. The Morgan fingerprint density at radius 3 is 2.43 bits per heavy atom. The summed E-state index contributed by atoms with van der Waals surface area (Å²) in [7, 11) is 0. The Morgan fingerprint density at radius 1 is 1.36 bits per heavy atom. The Labute approximate surface area is 84.1 Å². The number of alkyl halides is 3. The number of hydrogen-bond acceptors (Lipinski definition) is 1. The molecule has 0 aliphatic rings. The third-order valence-corrected chi connectivity index (χ3v) is 2.16. The molecule has 0 amide bonds. The maximum absolute atomic E-state index is 12.1. The van der Waals surface area contributed by atoms with E-state index in [0.29, 0.717) is 5.56 Å². The highest BCUT2D eigenvalue weighted by Gasteiger charge is 2.30. The summed E-state index contributed by atoms with van der Waals surface area (Å²) in [6.07, 6.45) is -5.58. The fraction of sp³-hybridized carbons (Fsp3) is 0.333. The van der Waals surface area contributed by atoms with Gasteiger partial charge in [0.2, 0.25) is 0 Å². The fourth-order valence-electron chi connectivity index (χ4n) is 1.10. The highest BCUT2D eigenvalue weighted by atomic mass is 35.5. The Kier molecular flexibility index (Phi) is 2.95. The fourth-order valence-corrected chi connectivity index (χ4v) is 1.32. The van der Waals surface area contributed by atoms with Gasteiger partial charge in [-0.2, -0.15) is 13.2 Å². The number of halogens is 4. The van der Waals surface area contributed by atoms with Gasteiger partial charge in [-0.15, -0.1) is 0 Å². The van der Waals surface area contributed by atoms with Gasteiger partial charge in [-0.25, -0.2) is 0 Å². The van der Waals surface area contributed by atoms with Crippen LogP contribution < -0.4 is 0 Å². The van der Waals surface area contributed by atoms with E-state index < -0.39 is 12.6 Å². The topological polar surface area (TPSA) is 20.2 Å². The van der Waals surface area contributed by atoms with E-state index >= 15 is 0 Å². The van der Waals surface area contributed by atoms with E-state index in [0.717, 1.165) is 0 Å². The number of rotatable bonds is 1. The predicted molar refractivity (Wildman–Crippen MR) is 47.6 cm³/mol. The monoisotopic (exact) mass is 224 g/mol. The molecule has 0 unspecified atom stereocenters. The van der Waals surface area contributed by atoms with E-state index in [1.165, 1.54) is 19.1 Å². The molecule has 0 saturated carbocycles. The minimum atomic E-state index is -4.37. The molecular formula is C9H8ClF3O. The second-order valence-corrected chi connectivity index (χ2v) is 3.39. The normalized spacial score (nSPS) is 11.8. The van der Waals surface area contributed by atoms with Gasteiger partial charge < -0.3 is 5.11 Å². The average molecular weight is 225 g/mol. The summed E-state index contributed by atoms with van der Waals surface area (Å²) in [5, 5.41) is 9.29. The summed E-state index contributed by atoms with van der Waals surface area (Å²) in [6, 6.07) is 2.81. The molecule has 0 fully saturated rings. The van der Waals surface area contributed by atoms with Crippen molar-refractivity contribution in [3.63, 3.8) is 0 Å². The van der Waals surface area contributed by atoms with Crippen LogP contribution in [0, 0.1) is 6.92 Å². The Hall–Kier alpha value is -0.900. The van der Waals surface area contributed by atoms with E-state index in [1.807, 2.05) is 0 Å². The summed E-state index contributed by atoms with van der Waals surface area (Å²) in [4.78, 5) is 0. The first-order chi connectivity index (χ1) is 6.31. The van der Waals surface area contributed by atoms with Crippen molar-refractivity contribution in [3.05, 3.63) is 28.3 Å². The van der Waals surface area contributed by atoms with Crippen LogP contribution in [0.1, 0.15) is 11.1 Å². The molecule has 1 N–H and O–H groups in total. The molecular weight excluding hydrogens is 217 g/mol. The lowest BCUT2D eigenvalue weighted by molar-refractivity contribution is -0.127. The molecule has 1 rings (SSSR count). The van der Waals surface area contributed by atoms with Gasteiger partial charge in [0.25, 0.3) is 0 Å². The van der Waals surface area contributed by atoms with Gasteiger partial charge in [0, 0.05) is 10.6 Å². The Bertz CT molecular complexity index is 347. The SMILES string of the molecule is Cc1ccc(Cl)c(CC(F)(F)F)c1O. The van der Waals surface area contributed by atoms with Gasteiger partial charge in [-0.1, -0.05) is 17.7 Å². The van der Waals surface area contributed by atoms with Crippen LogP contribution in [0.25, 0.3) is 0 Å². The van der Waals surface area contributed by atoms with E-state index in [1.54, 1.807) is 0 Å². The second kappa shape index (κ2) is 3.69. The molecule has 1 nitrogen and oxygen atoms in total. The van der Waals surface area contributed by atoms with Crippen LogP contribution >= 0.6 is 11.6 Å². The molecule has 0 heterocycles. The molecule has 5 heteroatoms. The highest BCUT2D eigenvalue weighted by molar-refractivity contribution is 6.31. The van der Waals surface area contributed by atoms with Crippen LogP contribution in [0.3, 0.4) is 0 Å². The minimum Gasteiger partial charge on any atom is -0.507 e. The van der Waals surface area contributed by atoms with E-state index in [4.69, 9.17) is 11.6 Å². The summed E-state index contributed by atoms with van der Waals surface area (Å²) >= 11 is 5.55. The first-order valence-electron chi connectivity index (χ1n) is 3.85. The number of phenolic OH excluding ortho intramolecular Hbond substituents is 1. The van der Waals surface area contributed by atoms with Crippen molar-refractivity contribution < 1.29 is 18.3 Å². The second-order valence-electron chi connectivity index (χ2n) is 2.98. The van der Waals surface area contributed by atoms with Crippen molar-refractivity contribution in [2.45, 2.75) is 19.5 Å². The molecule has 1 aromatic rings. The summed E-state index contributed by atoms with van der Waals surface area (Å²) < 4.78 is 36.2. The van der Waals surface area contributed by atoms with Gasteiger partial charge >= 0.3 is 6.18 Å². The first-order valence-corrected chi connectivity index (χ1v) is 4.23. The quantitative estimate of drug-likeness (QED) is 0.775. The average Bonchev–Trinajstić information content (AvgIpc) is 2.04. The summed E-state index contributed by atoms with van der Waals surface area (Å²) in [5.41, 5.74) is 0.118. The molecule has 0 aliphatic carbocycles. The molecule has 1 aromatic carbocycles. The summed E-state index contributed by atoms with van der Waals surface area (Å²) in [6.45, 7) is 1.52. The first kappa shape index (κ1) is 11.2. The number of benzene rings is 1. The van der Waals surface area contributed by atoms with Crippen molar-refractivity contribution in [2.75, 3.05) is 0 Å². The zero-order chi connectivity index (χ0) is 10.9. The van der Waals surface area contributed by atoms with Crippen LogP contribution in [0.15, 0.2) is 12.1 Å². The highest BCUT2D eigenvalue weighted by Crippen LogP contribution is 2.34. The maximum atomic E-state index is 12.1. The lowest BCUT2D eigenvalue weighted by Crippen LogP contribution is -2.12. The molecule has 0 bridgehead atoms. The lowest BCUT2D eigenvalue weighted by atomic mass is 10.1. The predicted octanol–water partition coefficient (Wildman–Crippen LogP) is 3.46. The van der Waals surface area contributed by atoms with Crippen molar-refractivity contribution in [2.24, 2.45) is 0 Å². The number of aryl methyl sites for hydroxylation is 1. The van der Waals surface area contributed by atoms with Crippen molar-refractivity contribution in [3.8, 4) is 5.75 Å². The minimum absolute atomic E-state index is 0.0644. The number of phenols is 1. The van der Waals surface area contributed by atoms with Crippen molar-refractivity contribution >= 4 is 11.6 Å². The van der Waals surface area contributed by atoms with E-state index in [-0.39, 0.29) is 16.3 Å². The van der Waals surface area contributed by atoms with Crippen LogP contribution in [0.5, 0.6) is 5.75 Å². The molecule has 14 heavy (non-hydrogen) atoms. The van der Waals surface area contributed by atoms with Crippen molar-refractivity contribution in [1.82, 2.24) is 0 Å². The summed E-state index contributed by atoms with van der Waals surface area (Å²) in [5.74, 6) is -0.380. The van der Waals surface area contributed by atoms with Crippen LogP contribution in [0.2, 0.25) is 5.02 Å². The third-order valence-electron chi connectivity index (χ3n) is 1.80. The molecule has 0 spiro atoms. The molecule has 0 aromatic heterocycles. The maximum Gasteiger partial charge on any atom is 0.393 e. The smallest absolute Gasteiger partial charge is 0.393 e. The van der Waals surface area contributed by atoms with Gasteiger partial charge in [-0.3, -0.25) is 0 Å². The van der Waals surface area contributed by atoms with Crippen LogP contribution in [-0.2, 0) is 6.42 Å². The molecule has 0 aliphatic heterocycles. The zero-order valence-electron chi connectivity index (χ0n) is 7.32. The van der Waals surface area contributed by atoms with E-state index in [9.17, 15) is 18.3 Å². The van der Waals surface area contributed by atoms with Gasteiger partial charge in [0.15, 0.2) is 0 Å². The van der Waals surface area contributed by atoms with E-state index in [2.05, 4.69) is 0 Å². The largest absolute Gasteiger partial charge is 0.507 e. The van der Waals surface area contributed by atoms with Crippen LogP contribution in [0.4, 0.5) is 13.2 Å².